The van der Waals surface area contributed by atoms with Gasteiger partial charge in [0.25, 0.3) is 0 Å². The summed E-state index contributed by atoms with van der Waals surface area (Å²) in [5, 5.41) is 2.59. The third kappa shape index (κ3) is 4.04. The number of ether oxygens (including phenoxy) is 1. The Bertz CT molecular complexity index is 815. The van der Waals surface area contributed by atoms with Crippen molar-refractivity contribution in [3.05, 3.63) is 58.1 Å². The van der Waals surface area contributed by atoms with Gasteiger partial charge in [0.15, 0.2) is 6.29 Å². The molecule has 2 aromatic rings. The highest BCUT2D eigenvalue weighted by Gasteiger charge is 2.17. The number of nitrogens with one attached hydrogen (secondary N) is 1. The molecule has 0 radical (unpaired) electrons. The quantitative estimate of drug-likeness (QED) is 0.797. The van der Waals surface area contributed by atoms with E-state index >= 15 is 0 Å². The lowest BCUT2D eigenvalue weighted by Gasteiger charge is -2.22. The number of carbonyl (C=O) groups is 2. The molecule has 0 bridgehead atoms. The van der Waals surface area contributed by atoms with Crippen molar-refractivity contribution in [2.45, 2.75) is 33.8 Å². The van der Waals surface area contributed by atoms with Gasteiger partial charge >= 0.3 is 6.03 Å². The fourth-order valence-corrected chi connectivity index (χ4v) is 2.99. The maximum absolute atomic E-state index is 12.0. The van der Waals surface area contributed by atoms with Crippen molar-refractivity contribution in [3.8, 4) is 5.75 Å². The van der Waals surface area contributed by atoms with E-state index in [9.17, 15) is 9.59 Å². The second-order valence-electron chi connectivity index (χ2n) is 6.26. The average Bonchev–Trinajstić information content (AvgIpc) is 2.66. The summed E-state index contributed by atoms with van der Waals surface area (Å²) in [7, 11) is 3.23. The normalized spacial score (nSPS) is 10.3. The van der Waals surface area contributed by atoms with Crippen molar-refractivity contribution in [1.82, 2.24) is 5.32 Å². The van der Waals surface area contributed by atoms with Crippen molar-refractivity contribution in [2.75, 3.05) is 19.0 Å². The van der Waals surface area contributed by atoms with Crippen LogP contribution in [-0.4, -0.2) is 26.4 Å². The molecule has 0 aliphatic carbocycles. The number of anilines is 1. The van der Waals surface area contributed by atoms with E-state index in [0.29, 0.717) is 16.8 Å². The standard InChI is InChI=1S/C21H26N2O3/c1-6-16-10-15(3)20(11-14(16)2)26-13-18-17(12-24)8-7-9-19(18)23(5)21(25)22-4/h7-12H,6,13H2,1-5H3,(H,22,25). The van der Waals surface area contributed by atoms with Crippen LogP contribution in [0.15, 0.2) is 30.3 Å². The van der Waals surface area contributed by atoms with Gasteiger partial charge < -0.3 is 10.1 Å². The van der Waals surface area contributed by atoms with Gasteiger partial charge in [-0.25, -0.2) is 4.79 Å². The zero-order valence-electron chi connectivity index (χ0n) is 16.1. The molecule has 0 heterocycles. The summed E-state index contributed by atoms with van der Waals surface area (Å²) in [6.07, 6.45) is 1.76. The third-order valence-corrected chi connectivity index (χ3v) is 4.58. The van der Waals surface area contributed by atoms with Gasteiger partial charge in [0, 0.05) is 25.2 Å². The minimum absolute atomic E-state index is 0.206. The molecule has 2 aromatic carbocycles. The fraction of sp³-hybridized carbons (Fsp3) is 0.333. The van der Waals surface area contributed by atoms with Gasteiger partial charge in [-0.2, -0.15) is 0 Å². The van der Waals surface area contributed by atoms with Crippen LogP contribution in [0.5, 0.6) is 5.75 Å². The molecule has 2 rings (SSSR count). The molecular weight excluding hydrogens is 328 g/mol. The number of aldehydes is 1. The van der Waals surface area contributed by atoms with Crippen molar-refractivity contribution >= 4 is 18.0 Å². The van der Waals surface area contributed by atoms with Crippen molar-refractivity contribution in [2.24, 2.45) is 0 Å². The van der Waals surface area contributed by atoms with Crippen LogP contribution in [0.3, 0.4) is 0 Å². The smallest absolute Gasteiger partial charge is 0.321 e. The molecule has 0 aliphatic rings. The van der Waals surface area contributed by atoms with Gasteiger partial charge in [-0.1, -0.05) is 25.1 Å². The third-order valence-electron chi connectivity index (χ3n) is 4.58. The summed E-state index contributed by atoms with van der Waals surface area (Å²) in [5.41, 5.74) is 5.37. The van der Waals surface area contributed by atoms with E-state index in [1.54, 1.807) is 32.3 Å². The first-order chi connectivity index (χ1) is 12.4. The summed E-state index contributed by atoms with van der Waals surface area (Å²) in [6, 6.07) is 9.19. The van der Waals surface area contributed by atoms with Gasteiger partial charge in [-0.05, 0) is 49.1 Å². The molecule has 2 amide bonds. The minimum atomic E-state index is -0.256. The zero-order chi connectivity index (χ0) is 19.3. The number of rotatable bonds is 6. The Morgan fingerprint density at radius 1 is 1.23 bits per heavy atom. The molecule has 5 heteroatoms. The Morgan fingerprint density at radius 3 is 2.58 bits per heavy atom. The van der Waals surface area contributed by atoms with Crippen LogP contribution in [0.2, 0.25) is 0 Å². The SMILES string of the molecule is CCc1cc(C)c(OCc2c(C=O)cccc2N(C)C(=O)NC)cc1C. The molecule has 1 N–H and O–H groups in total. The Balaban J connectivity index is 2.36. The highest BCUT2D eigenvalue weighted by molar-refractivity contribution is 5.94. The number of hydrogen-bond donors (Lipinski definition) is 1. The maximum Gasteiger partial charge on any atom is 0.321 e. The van der Waals surface area contributed by atoms with Gasteiger partial charge in [0.2, 0.25) is 0 Å². The van der Waals surface area contributed by atoms with E-state index in [-0.39, 0.29) is 12.6 Å². The van der Waals surface area contributed by atoms with Gasteiger partial charge in [-0.15, -0.1) is 0 Å². The van der Waals surface area contributed by atoms with E-state index in [1.165, 1.54) is 16.0 Å². The summed E-state index contributed by atoms with van der Waals surface area (Å²) in [6.45, 7) is 6.41. The van der Waals surface area contributed by atoms with E-state index < -0.39 is 0 Å². The average molecular weight is 354 g/mol. The van der Waals surface area contributed by atoms with Gasteiger partial charge in [-0.3, -0.25) is 9.69 Å². The Hall–Kier alpha value is -2.82. The molecule has 0 saturated carbocycles. The zero-order valence-corrected chi connectivity index (χ0v) is 16.1. The number of carbonyl (C=O) groups excluding carboxylic acids is 2. The predicted molar refractivity (Wildman–Crippen MR) is 104 cm³/mol. The lowest BCUT2D eigenvalue weighted by molar-refractivity contribution is 0.112. The Labute approximate surface area is 155 Å². The molecule has 0 atom stereocenters. The number of urea groups is 1. The van der Waals surface area contributed by atoms with Crippen LogP contribution in [0.25, 0.3) is 0 Å². The maximum atomic E-state index is 12.0. The molecular formula is C21H26N2O3. The van der Waals surface area contributed by atoms with Crippen LogP contribution < -0.4 is 15.0 Å². The van der Waals surface area contributed by atoms with Crippen LogP contribution in [-0.2, 0) is 13.0 Å². The van der Waals surface area contributed by atoms with Crippen LogP contribution in [0.4, 0.5) is 10.5 Å². The molecule has 138 valence electrons. The molecule has 0 saturated heterocycles. The number of hydrogen-bond acceptors (Lipinski definition) is 3. The largest absolute Gasteiger partial charge is 0.489 e. The molecule has 0 fully saturated rings. The topological polar surface area (TPSA) is 58.6 Å². The highest BCUT2D eigenvalue weighted by atomic mass is 16.5. The molecule has 0 aromatic heterocycles. The Morgan fingerprint density at radius 2 is 1.96 bits per heavy atom. The number of aryl methyl sites for hydroxylation is 3. The highest BCUT2D eigenvalue weighted by Crippen LogP contribution is 2.28. The van der Waals surface area contributed by atoms with Crippen LogP contribution in [0.1, 0.15) is 39.5 Å². The number of benzene rings is 2. The second-order valence-corrected chi connectivity index (χ2v) is 6.26. The van der Waals surface area contributed by atoms with E-state index in [4.69, 9.17) is 4.74 Å². The lowest BCUT2D eigenvalue weighted by atomic mass is 10.0. The van der Waals surface area contributed by atoms with Crippen molar-refractivity contribution in [3.63, 3.8) is 0 Å². The van der Waals surface area contributed by atoms with E-state index in [1.807, 2.05) is 13.0 Å². The first-order valence-corrected chi connectivity index (χ1v) is 8.68. The number of nitrogens with zero attached hydrogens (tertiary/aromatic N) is 1. The predicted octanol–water partition coefficient (Wildman–Crippen LogP) is 4.03. The van der Waals surface area contributed by atoms with Crippen LogP contribution in [0, 0.1) is 13.8 Å². The fourth-order valence-electron chi connectivity index (χ4n) is 2.99. The second kappa shape index (κ2) is 8.52. The van der Waals surface area contributed by atoms with Gasteiger partial charge in [0.1, 0.15) is 12.4 Å². The number of amides is 2. The minimum Gasteiger partial charge on any atom is -0.489 e. The summed E-state index contributed by atoms with van der Waals surface area (Å²) >= 11 is 0. The lowest BCUT2D eigenvalue weighted by Crippen LogP contribution is -2.35. The molecule has 0 spiro atoms. The molecule has 0 aliphatic heterocycles. The Kier molecular flexibility index (Phi) is 6.39. The first-order valence-electron chi connectivity index (χ1n) is 8.68. The first kappa shape index (κ1) is 19.5. The van der Waals surface area contributed by atoms with Gasteiger partial charge in [0.05, 0.1) is 5.69 Å². The summed E-state index contributed by atoms with van der Waals surface area (Å²) in [4.78, 5) is 25.0. The molecule has 0 unspecified atom stereocenters. The summed E-state index contributed by atoms with van der Waals surface area (Å²) in [5.74, 6) is 0.786. The van der Waals surface area contributed by atoms with Crippen molar-refractivity contribution < 1.29 is 14.3 Å². The molecule has 26 heavy (non-hydrogen) atoms. The van der Waals surface area contributed by atoms with E-state index in [0.717, 1.165) is 24.0 Å². The monoisotopic (exact) mass is 354 g/mol. The summed E-state index contributed by atoms with van der Waals surface area (Å²) < 4.78 is 6.03. The van der Waals surface area contributed by atoms with E-state index in [2.05, 4.69) is 25.2 Å². The van der Waals surface area contributed by atoms with Crippen molar-refractivity contribution in [1.29, 1.82) is 0 Å². The molecule has 5 nitrogen and oxygen atoms in total. The van der Waals surface area contributed by atoms with Crippen LogP contribution >= 0.6 is 0 Å².